The molecule has 3 rings (SSSR count). The monoisotopic (exact) mass is 429 g/mol. The number of aliphatic hydroxyl groups is 1. The number of ether oxygens (including phenoxy) is 1. The third-order valence-corrected chi connectivity index (χ3v) is 6.91. The maximum Gasteiger partial charge on any atom is 0.374 e. The van der Waals surface area contributed by atoms with Crippen LogP contribution >= 0.6 is 0 Å². The molecule has 2 aliphatic rings. The number of sulfonamides is 1. The Bertz CT molecular complexity index is 927. The van der Waals surface area contributed by atoms with E-state index in [1.165, 1.54) is 11.0 Å². The summed E-state index contributed by atoms with van der Waals surface area (Å²) in [6.07, 6.45) is 0.735. The summed E-state index contributed by atoms with van der Waals surface area (Å²) in [6.45, 7) is 1.63. The number of likely N-dealkylation sites (tertiary alicyclic amines) is 1. The molecule has 1 aromatic heterocycles. The topological polar surface area (TPSA) is 160 Å². The number of amides is 2. The van der Waals surface area contributed by atoms with Crippen molar-refractivity contribution in [3.05, 3.63) is 17.9 Å². The molecule has 0 aromatic carbocycles. The van der Waals surface area contributed by atoms with Gasteiger partial charge < -0.3 is 24.9 Å². The van der Waals surface area contributed by atoms with Crippen LogP contribution in [0.2, 0.25) is 0 Å². The molecule has 0 saturated carbocycles. The fourth-order valence-electron chi connectivity index (χ4n) is 3.55. The van der Waals surface area contributed by atoms with Gasteiger partial charge in [0.15, 0.2) is 5.60 Å². The van der Waals surface area contributed by atoms with Gasteiger partial charge in [-0.1, -0.05) is 0 Å². The molecule has 0 bridgehead atoms. The van der Waals surface area contributed by atoms with Gasteiger partial charge in [-0.05, 0) is 31.9 Å². The van der Waals surface area contributed by atoms with E-state index < -0.39 is 44.5 Å². The van der Waals surface area contributed by atoms with E-state index in [-0.39, 0.29) is 44.8 Å². The molecular weight excluding hydrogens is 406 g/mol. The van der Waals surface area contributed by atoms with Crippen LogP contribution in [0, 0.1) is 0 Å². The van der Waals surface area contributed by atoms with Crippen molar-refractivity contribution in [1.29, 1.82) is 0 Å². The van der Waals surface area contributed by atoms with Gasteiger partial charge in [0.25, 0.3) is 15.9 Å². The molecule has 3 heterocycles. The highest BCUT2D eigenvalue weighted by molar-refractivity contribution is 7.89. The van der Waals surface area contributed by atoms with E-state index in [0.717, 1.165) is 10.4 Å². The molecule has 29 heavy (non-hydrogen) atoms. The van der Waals surface area contributed by atoms with Crippen molar-refractivity contribution in [3.63, 3.8) is 0 Å². The zero-order chi connectivity index (χ0) is 21.4. The number of carbonyl (C=O) groups excluding carboxylic acids is 3. The summed E-state index contributed by atoms with van der Waals surface area (Å²) in [5.41, 5.74) is 3.37. The Hall–Kier alpha value is -2.44. The van der Waals surface area contributed by atoms with E-state index in [4.69, 9.17) is 14.9 Å². The number of rotatable bonds is 6. The first-order valence-corrected chi connectivity index (χ1v) is 10.6. The molecule has 2 fully saturated rings. The van der Waals surface area contributed by atoms with Gasteiger partial charge in [0.2, 0.25) is 16.8 Å². The lowest BCUT2D eigenvalue weighted by atomic mass is 10.0. The second-order valence-corrected chi connectivity index (χ2v) is 8.84. The van der Waals surface area contributed by atoms with Crippen LogP contribution in [0.4, 0.5) is 0 Å². The van der Waals surface area contributed by atoms with Gasteiger partial charge >= 0.3 is 5.97 Å². The van der Waals surface area contributed by atoms with Gasteiger partial charge in [-0.3, -0.25) is 9.59 Å². The average Bonchev–Trinajstić information content (AvgIpc) is 3.41. The molecule has 12 heteroatoms. The zero-order valence-electron chi connectivity index (χ0n) is 15.9. The molecule has 2 aliphatic heterocycles. The van der Waals surface area contributed by atoms with Gasteiger partial charge in [-0.15, -0.1) is 0 Å². The van der Waals surface area contributed by atoms with Crippen LogP contribution in [-0.4, -0.2) is 78.4 Å². The van der Waals surface area contributed by atoms with Crippen molar-refractivity contribution >= 4 is 27.8 Å². The number of esters is 1. The standard InChI is InChI=1S/C17H23N3O8S/c1-2-27-15(22)12-5-6-13(28-12)29(25,26)20-8-3-4-11(20)14(21)19-9-7-17(24,10-19)16(18)23/h5-6,11,24H,2-4,7-10H2,1H3,(H2,18,23). The molecular formula is C17H23N3O8S. The number of β-amino-alcohol motifs (C(OH)–C–C–N with tert-alkyl or cyclic N) is 1. The second-order valence-electron chi connectivity index (χ2n) is 7.02. The van der Waals surface area contributed by atoms with E-state index in [0.29, 0.717) is 6.42 Å². The molecule has 1 aromatic rings. The molecule has 3 N–H and O–H groups in total. The number of hydrogen-bond acceptors (Lipinski definition) is 8. The average molecular weight is 429 g/mol. The number of primary amides is 1. The van der Waals surface area contributed by atoms with Gasteiger partial charge in [-0.2, -0.15) is 4.31 Å². The number of hydrogen-bond donors (Lipinski definition) is 2. The van der Waals surface area contributed by atoms with Crippen LogP contribution in [0.1, 0.15) is 36.7 Å². The summed E-state index contributed by atoms with van der Waals surface area (Å²) < 4.78 is 36.9. The van der Waals surface area contributed by atoms with Crippen molar-refractivity contribution in [2.75, 3.05) is 26.2 Å². The largest absolute Gasteiger partial charge is 0.460 e. The Morgan fingerprint density at radius 1 is 1.34 bits per heavy atom. The van der Waals surface area contributed by atoms with Crippen LogP contribution in [-0.2, 0) is 24.3 Å². The van der Waals surface area contributed by atoms with E-state index >= 15 is 0 Å². The van der Waals surface area contributed by atoms with E-state index in [2.05, 4.69) is 0 Å². The molecule has 0 spiro atoms. The predicted molar refractivity (Wildman–Crippen MR) is 96.9 cm³/mol. The van der Waals surface area contributed by atoms with Crippen LogP contribution in [0.15, 0.2) is 21.6 Å². The van der Waals surface area contributed by atoms with Gasteiger partial charge in [0.1, 0.15) is 6.04 Å². The molecule has 2 unspecified atom stereocenters. The van der Waals surface area contributed by atoms with Crippen LogP contribution < -0.4 is 5.73 Å². The first-order chi connectivity index (χ1) is 13.6. The van der Waals surface area contributed by atoms with Crippen molar-refractivity contribution in [2.45, 2.75) is 42.9 Å². The minimum absolute atomic E-state index is 0.00533. The normalized spacial score (nSPS) is 25.3. The Kier molecular flexibility index (Phi) is 5.70. The third-order valence-electron chi connectivity index (χ3n) is 5.13. The predicted octanol–water partition coefficient (Wildman–Crippen LogP) is -0.942. The molecule has 160 valence electrons. The van der Waals surface area contributed by atoms with Crippen LogP contribution in [0.25, 0.3) is 0 Å². The third kappa shape index (κ3) is 3.87. The van der Waals surface area contributed by atoms with E-state index in [9.17, 15) is 27.9 Å². The van der Waals surface area contributed by atoms with Gasteiger partial charge in [0, 0.05) is 19.5 Å². The highest BCUT2D eigenvalue weighted by Crippen LogP contribution is 2.30. The first-order valence-electron chi connectivity index (χ1n) is 9.20. The summed E-state index contributed by atoms with van der Waals surface area (Å²) in [4.78, 5) is 37.3. The summed E-state index contributed by atoms with van der Waals surface area (Å²) in [5, 5.41) is 9.71. The van der Waals surface area contributed by atoms with Gasteiger partial charge in [0.05, 0.1) is 13.2 Å². The molecule has 2 amide bonds. The number of nitrogens with zero attached hydrogens (tertiary/aromatic N) is 2. The first kappa shape index (κ1) is 21.3. The highest BCUT2D eigenvalue weighted by Gasteiger charge is 2.48. The number of carbonyl (C=O) groups is 3. The highest BCUT2D eigenvalue weighted by atomic mass is 32.2. The minimum Gasteiger partial charge on any atom is -0.460 e. The van der Waals surface area contributed by atoms with Crippen molar-refractivity contribution in [1.82, 2.24) is 9.21 Å². The summed E-state index contributed by atoms with van der Waals surface area (Å²) >= 11 is 0. The van der Waals surface area contributed by atoms with Crippen LogP contribution in [0.3, 0.4) is 0 Å². The second kappa shape index (κ2) is 7.76. The quantitative estimate of drug-likeness (QED) is 0.548. The zero-order valence-corrected chi connectivity index (χ0v) is 16.7. The maximum atomic E-state index is 13.0. The van der Waals surface area contributed by atoms with Crippen molar-refractivity contribution in [3.8, 4) is 0 Å². The lowest BCUT2D eigenvalue weighted by Crippen LogP contribution is -2.50. The number of furan rings is 1. The SMILES string of the molecule is CCOC(=O)c1ccc(S(=O)(=O)N2CCCC2C(=O)N2CCC(O)(C(N)=O)C2)o1. The lowest BCUT2D eigenvalue weighted by Gasteiger charge is -2.27. The molecule has 0 aliphatic carbocycles. The molecule has 2 saturated heterocycles. The number of nitrogens with two attached hydrogens (primary N) is 1. The molecule has 2 atom stereocenters. The Balaban J connectivity index is 1.79. The maximum absolute atomic E-state index is 13.0. The van der Waals surface area contributed by atoms with Gasteiger partial charge in [-0.25, -0.2) is 13.2 Å². The van der Waals surface area contributed by atoms with Crippen molar-refractivity contribution in [2.24, 2.45) is 5.73 Å². The van der Waals surface area contributed by atoms with E-state index in [1.54, 1.807) is 6.92 Å². The smallest absolute Gasteiger partial charge is 0.374 e. The summed E-state index contributed by atoms with van der Waals surface area (Å²) in [7, 11) is -4.18. The Morgan fingerprint density at radius 3 is 2.69 bits per heavy atom. The van der Waals surface area contributed by atoms with Crippen LogP contribution in [0.5, 0.6) is 0 Å². The fraction of sp³-hybridized carbons (Fsp3) is 0.588. The minimum atomic E-state index is -4.18. The van der Waals surface area contributed by atoms with Crippen molar-refractivity contribution < 1.29 is 37.1 Å². The molecule has 0 radical (unpaired) electrons. The lowest BCUT2D eigenvalue weighted by molar-refractivity contribution is -0.138. The van der Waals surface area contributed by atoms with E-state index in [1.807, 2.05) is 0 Å². The Labute approximate surface area is 167 Å². The Morgan fingerprint density at radius 2 is 2.07 bits per heavy atom. The summed E-state index contributed by atoms with van der Waals surface area (Å²) in [5.74, 6) is -2.48. The summed E-state index contributed by atoms with van der Waals surface area (Å²) in [6, 6.07) is 1.35. The molecule has 11 nitrogen and oxygen atoms in total. The fourth-order valence-corrected chi connectivity index (χ4v) is 5.12.